The van der Waals surface area contributed by atoms with Crippen molar-refractivity contribution in [2.75, 3.05) is 19.6 Å². The molecule has 0 spiro atoms. The highest BCUT2D eigenvalue weighted by Gasteiger charge is 2.25. The Bertz CT molecular complexity index is 291. The van der Waals surface area contributed by atoms with Crippen molar-refractivity contribution < 1.29 is 14.7 Å². The summed E-state index contributed by atoms with van der Waals surface area (Å²) >= 11 is 0. The van der Waals surface area contributed by atoms with Gasteiger partial charge >= 0.3 is 0 Å². The van der Waals surface area contributed by atoms with E-state index in [1.807, 2.05) is 18.7 Å². The third kappa shape index (κ3) is 4.44. The Morgan fingerprint density at radius 3 is 2.53 bits per heavy atom. The molecule has 0 aliphatic carbocycles. The number of nitrogens with one attached hydrogen (secondary N) is 1. The molecule has 1 aliphatic heterocycles. The van der Waals surface area contributed by atoms with Crippen molar-refractivity contribution in [1.29, 1.82) is 0 Å². The van der Waals surface area contributed by atoms with Crippen LogP contribution in [0.3, 0.4) is 0 Å². The number of carbonyl (C=O) groups is 2. The molecule has 1 rings (SSSR count). The summed E-state index contributed by atoms with van der Waals surface area (Å²) in [4.78, 5) is 25.0. The molecule has 5 heteroatoms. The monoisotopic (exact) mass is 242 g/mol. The lowest BCUT2D eigenvalue weighted by Crippen LogP contribution is -2.47. The van der Waals surface area contributed by atoms with Crippen LogP contribution in [0.4, 0.5) is 0 Å². The number of Topliss-reactive ketones (excluding diaryl/α,β-unsaturated/α-hetero) is 1. The molecule has 2 atom stereocenters. The minimum Gasteiger partial charge on any atom is -0.392 e. The lowest BCUT2D eigenvalue weighted by molar-refractivity contribution is -0.128. The van der Waals surface area contributed by atoms with E-state index in [0.29, 0.717) is 13.0 Å². The average molecular weight is 242 g/mol. The predicted octanol–water partition coefficient (Wildman–Crippen LogP) is -0.217. The molecule has 0 aromatic carbocycles. The normalized spacial score (nSPS) is 22.8. The molecule has 0 aromatic heterocycles. The van der Waals surface area contributed by atoms with E-state index in [9.17, 15) is 14.7 Å². The molecule has 1 heterocycles. The number of ketones is 1. The quantitative estimate of drug-likeness (QED) is 0.699. The lowest BCUT2D eigenvalue weighted by atomic mass is 10.0. The van der Waals surface area contributed by atoms with Gasteiger partial charge in [-0.3, -0.25) is 14.5 Å². The van der Waals surface area contributed by atoms with Crippen LogP contribution in [0, 0.1) is 5.92 Å². The van der Waals surface area contributed by atoms with Gasteiger partial charge in [0.05, 0.1) is 18.7 Å². The van der Waals surface area contributed by atoms with Crippen LogP contribution in [-0.4, -0.2) is 53.5 Å². The van der Waals surface area contributed by atoms with Crippen molar-refractivity contribution in [2.45, 2.75) is 39.3 Å². The fourth-order valence-electron chi connectivity index (χ4n) is 2.12. The number of aliphatic hydroxyl groups excluding tert-OH is 1. The van der Waals surface area contributed by atoms with Gasteiger partial charge in [0.1, 0.15) is 0 Å². The average Bonchev–Trinajstić information content (AvgIpc) is 2.59. The van der Waals surface area contributed by atoms with E-state index >= 15 is 0 Å². The SMILES string of the molecule is CC(=O)C(NC(=O)CN1CC[C@@H](O)C1)C(C)C. The van der Waals surface area contributed by atoms with E-state index in [1.165, 1.54) is 6.92 Å². The molecule has 0 saturated carbocycles. The first kappa shape index (κ1) is 14.1. The highest BCUT2D eigenvalue weighted by atomic mass is 16.3. The standard InChI is InChI=1S/C12H22N2O3/c1-8(2)12(9(3)15)13-11(17)7-14-5-4-10(16)6-14/h8,10,12,16H,4-7H2,1-3H3,(H,13,17)/t10-,12?/m1/s1. The van der Waals surface area contributed by atoms with Gasteiger partial charge in [0.25, 0.3) is 0 Å². The van der Waals surface area contributed by atoms with E-state index in [0.717, 1.165) is 6.54 Å². The number of hydrogen-bond donors (Lipinski definition) is 2. The molecule has 1 saturated heterocycles. The Morgan fingerprint density at radius 2 is 2.12 bits per heavy atom. The highest BCUT2D eigenvalue weighted by molar-refractivity contribution is 5.88. The summed E-state index contributed by atoms with van der Waals surface area (Å²) in [5.41, 5.74) is 0. The largest absolute Gasteiger partial charge is 0.392 e. The van der Waals surface area contributed by atoms with Gasteiger partial charge in [-0.05, 0) is 19.3 Å². The third-order valence-electron chi connectivity index (χ3n) is 3.04. The van der Waals surface area contributed by atoms with Crippen molar-refractivity contribution in [3.63, 3.8) is 0 Å². The lowest BCUT2D eigenvalue weighted by Gasteiger charge is -2.21. The van der Waals surface area contributed by atoms with E-state index in [2.05, 4.69) is 5.32 Å². The Kier molecular flexibility index (Phi) is 5.08. The number of likely N-dealkylation sites (tertiary alicyclic amines) is 1. The number of β-amino-alcohol motifs (C(OH)–C–C–N with tert-alkyl or cyclic N) is 1. The zero-order valence-electron chi connectivity index (χ0n) is 10.8. The van der Waals surface area contributed by atoms with Crippen molar-refractivity contribution >= 4 is 11.7 Å². The number of amides is 1. The molecular formula is C12H22N2O3. The maximum atomic E-state index is 11.7. The van der Waals surface area contributed by atoms with Crippen molar-refractivity contribution in [1.82, 2.24) is 10.2 Å². The third-order valence-corrected chi connectivity index (χ3v) is 3.04. The topological polar surface area (TPSA) is 69.6 Å². The zero-order valence-corrected chi connectivity index (χ0v) is 10.8. The molecule has 0 aromatic rings. The molecule has 0 radical (unpaired) electrons. The van der Waals surface area contributed by atoms with Gasteiger partial charge in [-0.1, -0.05) is 13.8 Å². The smallest absolute Gasteiger partial charge is 0.234 e. The first-order valence-corrected chi connectivity index (χ1v) is 6.10. The van der Waals surface area contributed by atoms with Gasteiger partial charge in [-0.2, -0.15) is 0 Å². The second-order valence-corrected chi connectivity index (χ2v) is 5.08. The van der Waals surface area contributed by atoms with Crippen LogP contribution in [0.5, 0.6) is 0 Å². The molecule has 1 unspecified atom stereocenters. The van der Waals surface area contributed by atoms with Gasteiger partial charge in [0.2, 0.25) is 5.91 Å². The Labute approximate surface area is 102 Å². The number of rotatable bonds is 5. The van der Waals surface area contributed by atoms with Crippen LogP contribution >= 0.6 is 0 Å². The summed E-state index contributed by atoms with van der Waals surface area (Å²) in [5.74, 6) is -0.0663. The van der Waals surface area contributed by atoms with Crippen molar-refractivity contribution in [2.24, 2.45) is 5.92 Å². The molecule has 98 valence electrons. The summed E-state index contributed by atoms with van der Waals surface area (Å²) in [5, 5.41) is 12.1. The summed E-state index contributed by atoms with van der Waals surface area (Å²) in [6.07, 6.45) is 0.393. The predicted molar refractivity (Wildman–Crippen MR) is 64.5 cm³/mol. The molecule has 0 bridgehead atoms. The summed E-state index contributed by atoms with van der Waals surface area (Å²) in [7, 11) is 0. The summed E-state index contributed by atoms with van der Waals surface area (Å²) < 4.78 is 0. The van der Waals surface area contributed by atoms with Crippen LogP contribution in [0.15, 0.2) is 0 Å². The van der Waals surface area contributed by atoms with Gasteiger partial charge < -0.3 is 10.4 Å². The van der Waals surface area contributed by atoms with Crippen LogP contribution in [-0.2, 0) is 9.59 Å². The highest BCUT2D eigenvalue weighted by Crippen LogP contribution is 2.08. The maximum Gasteiger partial charge on any atom is 0.234 e. The van der Waals surface area contributed by atoms with Gasteiger partial charge in [-0.15, -0.1) is 0 Å². The number of carbonyl (C=O) groups excluding carboxylic acids is 2. The molecule has 1 amide bonds. The summed E-state index contributed by atoms with van der Waals surface area (Å²) in [6, 6.07) is -0.407. The van der Waals surface area contributed by atoms with E-state index in [4.69, 9.17) is 0 Å². The fraction of sp³-hybridized carbons (Fsp3) is 0.833. The first-order chi connectivity index (χ1) is 7.90. The number of aliphatic hydroxyl groups is 1. The minimum atomic E-state index is -0.407. The minimum absolute atomic E-state index is 0.0187. The van der Waals surface area contributed by atoms with Crippen molar-refractivity contribution in [3.8, 4) is 0 Å². The summed E-state index contributed by atoms with van der Waals surface area (Å²) in [6.45, 7) is 6.84. The van der Waals surface area contributed by atoms with E-state index < -0.39 is 6.04 Å². The van der Waals surface area contributed by atoms with Crippen LogP contribution in [0.2, 0.25) is 0 Å². The second-order valence-electron chi connectivity index (χ2n) is 5.08. The second kappa shape index (κ2) is 6.12. The number of hydrogen-bond acceptors (Lipinski definition) is 4. The van der Waals surface area contributed by atoms with Gasteiger partial charge in [-0.25, -0.2) is 0 Å². The number of nitrogens with zero attached hydrogens (tertiary/aromatic N) is 1. The zero-order chi connectivity index (χ0) is 13.0. The molecule has 17 heavy (non-hydrogen) atoms. The Morgan fingerprint density at radius 1 is 1.47 bits per heavy atom. The Balaban J connectivity index is 2.40. The Hall–Kier alpha value is -0.940. The maximum absolute atomic E-state index is 11.7. The van der Waals surface area contributed by atoms with Crippen LogP contribution in [0.25, 0.3) is 0 Å². The van der Waals surface area contributed by atoms with Crippen LogP contribution < -0.4 is 5.32 Å². The van der Waals surface area contributed by atoms with E-state index in [-0.39, 0.29) is 30.3 Å². The van der Waals surface area contributed by atoms with E-state index in [1.54, 1.807) is 0 Å². The molecular weight excluding hydrogens is 220 g/mol. The van der Waals surface area contributed by atoms with Gasteiger partial charge in [0, 0.05) is 13.1 Å². The van der Waals surface area contributed by atoms with Crippen LogP contribution in [0.1, 0.15) is 27.2 Å². The van der Waals surface area contributed by atoms with Gasteiger partial charge in [0.15, 0.2) is 5.78 Å². The van der Waals surface area contributed by atoms with Crippen molar-refractivity contribution in [3.05, 3.63) is 0 Å². The molecule has 2 N–H and O–H groups in total. The molecule has 1 aliphatic rings. The molecule has 5 nitrogen and oxygen atoms in total. The fourth-order valence-corrected chi connectivity index (χ4v) is 2.12. The molecule has 1 fully saturated rings. The first-order valence-electron chi connectivity index (χ1n) is 6.10.